The van der Waals surface area contributed by atoms with Crippen LogP contribution >= 0.6 is 0 Å². The van der Waals surface area contributed by atoms with Gasteiger partial charge in [0.05, 0.1) is 12.7 Å². The number of anilines is 1. The van der Waals surface area contributed by atoms with Crippen molar-refractivity contribution in [1.29, 1.82) is 0 Å². The van der Waals surface area contributed by atoms with Crippen molar-refractivity contribution in [3.8, 4) is 5.75 Å². The first-order valence-corrected chi connectivity index (χ1v) is 7.65. The van der Waals surface area contributed by atoms with Gasteiger partial charge in [0.2, 0.25) is 0 Å². The molecule has 1 aliphatic rings. The van der Waals surface area contributed by atoms with Crippen molar-refractivity contribution in [2.24, 2.45) is 0 Å². The molecule has 0 unspecified atom stereocenters. The number of likely N-dealkylation sites (tertiary alicyclic amines) is 1. The summed E-state index contributed by atoms with van der Waals surface area (Å²) in [6.07, 6.45) is 4.93. The largest absolute Gasteiger partial charge is 0.497 e. The van der Waals surface area contributed by atoms with E-state index in [0.29, 0.717) is 23.5 Å². The van der Waals surface area contributed by atoms with Gasteiger partial charge in [0.25, 0.3) is 5.91 Å². The SMILES string of the molecule is COc1ccc(C(=O)NCCCN2CCCCC2)c(N)c1. The minimum absolute atomic E-state index is 0.117. The molecular formula is C16H25N3O2. The van der Waals surface area contributed by atoms with Crippen LogP contribution in [0, 0.1) is 0 Å². The van der Waals surface area contributed by atoms with Crippen molar-refractivity contribution in [3.63, 3.8) is 0 Å². The monoisotopic (exact) mass is 291 g/mol. The molecule has 1 aliphatic heterocycles. The maximum absolute atomic E-state index is 12.1. The molecule has 5 nitrogen and oxygen atoms in total. The van der Waals surface area contributed by atoms with Gasteiger partial charge in [-0.1, -0.05) is 6.42 Å². The predicted octanol–water partition coefficient (Wildman–Crippen LogP) is 1.88. The lowest BCUT2D eigenvalue weighted by atomic mass is 10.1. The maximum atomic E-state index is 12.1. The van der Waals surface area contributed by atoms with Crippen LogP contribution in [-0.4, -0.2) is 44.1 Å². The van der Waals surface area contributed by atoms with Gasteiger partial charge in [-0.2, -0.15) is 0 Å². The molecule has 1 saturated heterocycles. The highest BCUT2D eigenvalue weighted by Crippen LogP contribution is 2.19. The smallest absolute Gasteiger partial charge is 0.253 e. The zero-order valence-corrected chi connectivity index (χ0v) is 12.7. The second-order valence-corrected chi connectivity index (χ2v) is 5.46. The molecule has 1 aromatic carbocycles. The Kier molecular flexibility index (Phi) is 5.87. The number of hydrogen-bond acceptors (Lipinski definition) is 4. The fraction of sp³-hybridized carbons (Fsp3) is 0.562. The van der Waals surface area contributed by atoms with Crippen molar-refractivity contribution in [2.45, 2.75) is 25.7 Å². The van der Waals surface area contributed by atoms with Gasteiger partial charge in [0, 0.05) is 18.3 Å². The molecule has 1 amide bonds. The number of carbonyl (C=O) groups excluding carboxylic acids is 1. The Hall–Kier alpha value is -1.75. The highest BCUT2D eigenvalue weighted by Gasteiger charge is 2.11. The number of methoxy groups -OCH3 is 1. The van der Waals surface area contributed by atoms with E-state index >= 15 is 0 Å². The highest BCUT2D eigenvalue weighted by molar-refractivity contribution is 5.99. The quantitative estimate of drug-likeness (QED) is 0.620. The Balaban J connectivity index is 1.74. The molecule has 0 spiro atoms. The lowest BCUT2D eigenvalue weighted by molar-refractivity contribution is 0.0952. The molecular weight excluding hydrogens is 266 g/mol. The van der Waals surface area contributed by atoms with E-state index in [1.54, 1.807) is 25.3 Å². The topological polar surface area (TPSA) is 67.6 Å². The van der Waals surface area contributed by atoms with Crippen LogP contribution in [0.1, 0.15) is 36.0 Å². The number of nitrogens with two attached hydrogens (primary N) is 1. The number of nitrogens with one attached hydrogen (secondary N) is 1. The second kappa shape index (κ2) is 7.88. The average Bonchev–Trinajstić information content (AvgIpc) is 2.52. The van der Waals surface area contributed by atoms with Crippen LogP contribution < -0.4 is 15.8 Å². The second-order valence-electron chi connectivity index (χ2n) is 5.46. The van der Waals surface area contributed by atoms with Crippen LogP contribution in [0.2, 0.25) is 0 Å². The molecule has 116 valence electrons. The van der Waals surface area contributed by atoms with E-state index in [0.717, 1.165) is 13.0 Å². The number of piperidine rings is 1. The molecule has 1 aromatic rings. The Morgan fingerprint density at radius 1 is 1.33 bits per heavy atom. The lowest BCUT2D eigenvalue weighted by Crippen LogP contribution is -2.33. The zero-order valence-electron chi connectivity index (χ0n) is 12.7. The van der Waals surface area contributed by atoms with E-state index in [1.165, 1.54) is 32.4 Å². The Bertz CT molecular complexity index is 471. The number of benzene rings is 1. The third kappa shape index (κ3) is 4.63. The summed E-state index contributed by atoms with van der Waals surface area (Å²) in [5.41, 5.74) is 6.83. The van der Waals surface area contributed by atoms with Gasteiger partial charge < -0.3 is 20.7 Å². The Labute approximate surface area is 126 Å². The fourth-order valence-electron chi connectivity index (χ4n) is 2.66. The molecule has 1 heterocycles. The summed E-state index contributed by atoms with van der Waals surface area (Å²) in [4.78, 5) is 14.5. The summed E-state index contributed by atoms with van der Waals surface area (Å²) in [6, 6.07) is 5.12. The number of rotatable bonds is 6. The van der Waals surface area contributed by atoms with Gasteiger partial charge >= 0.3 is 0 Å². The third-order valence-electron chi connectivity index (χ3n) is 3.89. The highest BCUT2D eigenvalue weighted by atomic mass is 16.5. The number of nitrogen functional groups attached to an aromatic ring is 1. The summed E-state index contributed by atoms with van der Waals surface area (Å²) in [6.45, 7) is 4.12. The molecule has 0 aliphatic carbocycles. The van der Waals surface area contributed by atoms with Crippen molar-refractivity contribution in [2.75, 3.05) is 39.0 Å². The van der Waals surface area contributed by atoms with E-state index in [4.69, 9.17) is 10.5 Å². The normalized spacial score (nSPS) is 15.7. The molecule has 0 aromatic heterocycles. The summed E-state index contributed by atoms with van der Waals surface area (Å²) in [5.74, 6) is 0.544. The first-order chi connectivity index (χ1) is 10.2. The van der Waals surface area contributed by atoms with E-state index in [1.807, 2.05) is 0 Å². The van der Waals surface area contributed by atoms with Crippen molar-refractivity contribution >= 4 is 11.6 Å². The predicted molar refractivity (Wildman–Crippen MR) is 84.6 cm³/mol. The van der Waals surface area contributed by atoms with Crippen molar-refractivity contribution in [3.05, 3.63) is 23.8 Å². The summed E-state index contributed by atoms with van der Waals surface area (Å²) < 4.78 is 5.08. The first-order valence-electron chi connectivity index (χ1n) is 7.65. The standard InChI is InChI=1S/C16H25N3O2/c1-21-13-6-7-14(15(17)12-13)16(20)18-8-5-11-19-9-3-2-4-10-19/h6-7,12H,2-5,8-11,17H2,1H3,(H,18,20). The Morgan fingerprint density at radius 3 is 2.76 bits per heavy atom. The average molecular weight is 291 g/mol. The van der Waals surface area contributed by atoms with Gasteiger partial charge in [0.15, 0.2) is 0 Å². The fourth-order valence-corrected chi connectivity index (χ4v) is 2.66. The van der Waals surface area contributed by atoms with Crippen molar-refractivity contribution < 1.29 is 9.53 Å². The van der Waals surface area contributed by atoms with Crippen LogP contribution in [0.15, 0.2) is 18.2 Å². The van der Waals surface area contributed by atoms with E-state index in [9.17, 15) is 4.79 Å². The van der Waals surface area contributed by atoms with Crippen LogP contribution in [0.4, 0.5) is 5.69 Å². The van der Waals surface area contributed by atoms with E-state index in [2.05, 4.69) is 10.2 Å². The maximum Gasteiger partial charge on any atom is 0.253 e. The van der Waals surface area contributed by atoms with Gasteiger partial charge in [-0.25, -0.2) is 0 Å². The third-order valence-corrected chi connectivity index (χ3v) is 3.89. The number of ether oxygens (including phenoxy) is 1. The van der Waals surface area contributed by atoms with E-state index in [-0.39, 0.29) is 5.91 Å². The molecule has 0 bridgehead atoms. The lowest BCUT2D eigenvalue weighted by Gasteiger charge is -2.26. The molecule has 2 rings (SSSR count). The Morgan fingerprint density at radius 2 is 2.10 bits per heavy atom. The van der Waals surface area contributed by atoms with Crippen LogP contribution in [0.3, 0.4) is 0 Å². The molecule has 1 fully saturated rings. The van der Waals surface area contributed by atoms with Crippen LogP contribution in [0.25, 0.3) is 0 Å². The number of carbonyl (C=O) groups is 1. The number of nitrogens with zero attached hydrogens (tertiary/aromatic N) is 1. The van der Waals surface area contributed by atoms with Gasteiger partial charge in [-0.3, -0.25) is 4.79 Å². The van der Waals surface area contributed by atoms with Gasteiger partial charge in [-0.05, 0) is 51.0 Å². The summed E-state index contributed by atoms with van der Waals surface area (Å²) in [7, 11) is 1.58. The molecule has 3 N–H and O–H groups in total. The number of hydrogen-bond donors (Lipinski definition) is 2. The molecule has 0 saturated carbocycles. The zero-order chi connectivity index (χ0) is 15.1. The van der Waals surface area contributed by atoms with Crippen LogP contribution in [-0.2, 0) is 0 Å². The van der Waals surface area contributed by atoms with Gasteiger partial charge in [-0.15, -0.1) is 0 Å². The van der Waals surface area contributed by atoms with Crippen LogP contribution in [0.5, 0.6) is 5.75 Å². The minimum Gasteiger partial charge on any atom is -0.497 e. The molecule has 0 atom stereocenters. The molecule has 5 heteroatoms. The molecule has 0 radical (unpaired) electrons. The summed E-state index contributed by atoms with van der Waals surface area (Å²) >= 11 is 0. The van der Waals surface area contributed by atoms with E-state index < -0.39 is 0 Å². The van der Waals surface area contributed by atoms with Gasteiger partial charge in [0.1, 0.15) is 5.75 Å². The number of amides is 1. The first kappa shape index (κ1) is 15.6. The molecule has 21 heavy (non-hydrogen) atoms. The minimum atomic E-state index is -0.117. The summed E-state index contributed by atoms with van der Waals surface area (Å²) in [5, 5.41) is 2.93. The van der Waals surface area contributed by atoms with Crippen molar-refractivity contribution in [1.82, 2.24) is 10.2 Å².